The second kappa shape index (κ2) is 7.61. The highest BCUT2D eigenvalue weighted by Crippen LogP contribution is 2.44. The van der Waals surface area contributed by atoms with Crippen molar-refractivity contribution in [1.29, 1.82) is 0 Å². The third-order valence-corrected chi connectivity index (χ3v) is 6.78. The third kappa shape index (κ3) is 3.40. The lowest BCUT2D eigenvalue weighted by Gasteiger charge is -2.37. The molecule has 5 nitrogen and oxygen atoms in total. The van der Waals surface area contributed by atoms with Crippen molar-refractivity contribution in [3.05, 3.63) is 52.9 Å². The Morgan fingerprint density at radius 1 is 1.14 bits per heavy atom. The first-order valence-electron chi connectivity index (χ1n) is 10.5. The van der Waals surface area contributed by atoms with Gasteiger partial charge in [-0.15, -0.1) is 0 Å². The normalized spacial score (nSPS) is 26.6. The van der Waals surface area contributed by atoms with Gasteiger partial charge in [0.2, 0.25) is 5.95 Å². The molecule has 154 valence electrons. The van der Waals surface area contributed by atoms with Gasteiger partial charge in [-0.1, -0.05) is 6.07 Å². The van der Waals surface area contributed by atoms with Gasteiger partial charge in [0.25, 0.3) is 0 Å². The number of benzene rings is 1. The number of hydrogen-bond acceptors (Lipinski definition) is 5. The maximum absolute atomic E-state index is 14.2. The molecule has 2 aromatic rings. The molecule has 3 aliphatic heterocycles. The molecule has 3 aliphatic rings. The number of aliphatic hydroxyl groups is 1. The number of fused-ring (bicyclic) bond motifs is 4. The van der Waals surface area contributed by atoms with Gasteiger partial charge in [-0.25, -0.2) is 18.7 Å². The number of aromatic nitrogens is 2. The van der Waals surface area contributed by atoms with Gasteiger partial charge < -0.3 is 10.0 Å². The van der Waals surface area contributed by atoms with E-state index in [0.717, 1.165) is 62.4 Å². The van der Waals surface area contributed by atoms with E-state index in [0.29, 0.717) is 0 Å². The van der Waals surface area contributed by atoms with E-state index in [1.165, 1.54) is 18.2 Å². The second-order valence-corrected chi connectivity index (χ2v) is 8.53. The van der Waals surface area contributed by atoms with Crippen LogP contribution < -0.4 is 4.90 Å². The number of rotatable bonds is 4. The molecule has 2 bridgehead atoms. The maximum atomic E-state index is 14.2. The van der Waals surface area contributed by atoms with Crippen LogP contribution >= 0.6 is 0 Å². The summed E-state index contributed by atoms with van der Waals surface area (Å²) in [5.74, 6) is 0.0660. The largest absolute Gasteiger partial charge is 0.396 e. The molecule has 0 spiro atoms. The number of anilines is 1. The fourth-order valence-corrected chi connectivity index (χ4v) is 5.22. The van der Waals surface area contributed by atoms with Crippen LogP contribution in [-0.2, 0) is 13.0 Å². The summed E-state index contributed by atoms with van der Waals surface area (Å²) in [5.41, 5.74) is 2.31. The highest BCUT2D eigenvalue weighted by Gasteiger charge is 2.41. The molecule has 2 fully saturated rings. The van der Waals surface area contributed by atoms with Crippen molar-refractivity contribution in [2.45, 2.75) is 50.7 Å². The zero-order valence-corrected chi connectivity index (χ0v) is 16.4. The topological polar surface area (TPSA) is 52.5 Å². The van der Waals surface area contributed by atoms with Crippen LogP contribution in [0.5, 0.6) is 0 Å². The molecule has 3 atom stereocenters. The Kier molecular flexibility index (Phi) is 4.95. The first kappa shape index (κ1) is 18.9. The maximum Gasteiger partial charge on any atom is 0.225 e. The highest BCUT2D eigenvalue weighted by molar-refractivity contribution is 5.38. The lowest BCUT2D eigenvalue weighted by Crippen LogP contribution is -2.40. The minimum absolute atomic E-state index is 0.114. The molecule has 0 saturated carbocycles. The van der Waals surface area contributed by atoms with Crippen molar-refractivity contribution >= 4 is 5.95 Å². The predicted molar refractivity (Wildman–Crippen MR) is 105 cm³/mol. The SMILES string of the molecule is OCC1CCCN(c2ncc3c(n2)CC2CCC3N2Cc2c(F)cccc2F)C1. The van der Waals surface area contributed by atoms with Crippen LogP contribution in [0.4, 0.5) is 14.7 Å². The molecule has 1 aromatic carbocycles. The van der Waals surface area contributed by atoms with Gasteiger partial charge in [-0.3, -0.25) is 4.90 Å². The van der Waals surface area contributed by atoms with Gasteiger partial charge in [0.1, 0.15) is 11.6 Å². The van der Waals surface area contributed by atoms with Crippen molar-refractivity contribution in [3.8, 4) is 0 Å². The Morgan fingerprint density at radius 3 is 2.76 bits per heavy atom. The van der Waals surface area contributed by atoms with Crippen LogP contribution in [0.15, 0.2) is 24.4 Å². The van der Waals surface area contributed by atoms with Gasteiger partial charge in [0.15, 0.2) is 0 Å². The third-order valence-electron chi connectivity index (χ3n) is 6.78. The Morgan fingerprint density at radius 2 is 1.97 bits per heavy atom. The lowest BCUT2D eigenvalue weighted by molar-refractivity contribution is 0.161. The van der Waals surface area contributed by atoms with Crippen molar-refractivity contribution < 1.29 is 13.9 Å². The quantitative estimate of drug-likeness (QED) is 0.854. The van der Waals surface area contributed by atoms with Crippen LogP contribution in [0.25, 0.3) is 0 Å². The zero-order chi connectivity index (χ0) is 20.0. The van der Waals surface area contributed by atoms with E-state index in [1.807, 2.05) is 6.20 Å². The molecular weight excluding hydrogens is 374 g/mol. The minimum Gasteiger partial charge on any atom is -0.396 e. The number of halogens is 2. The summed E-state index contributed by atoms with van der Waals surface area (Å²) in [6, 6.07) is 4.42. The van der Waals surface area contributed by atoms with E-state index in [2.05, 4.69) is 14.8 Å². The van der Waals surface area contributed by atoms with E-state index in [-0.39, 0.29) is 36.7 Å². The zero-order valence-electron chi connectivity index (χ0n) is 16.4. The van der Waals surface area contributed by atoms with Gasteiger partial charge in [0, 0.05) is 62.1 Å². The van der Waals surface area contributed by atoms with Gasteiger partial charge in [-0.2, -0.15) is 0 Å². The molecule has 1 aromatic heterocycles. The predicted octanol–water partition coefficient (Wildman–Crippen LogP) is 3.23. The molecule has 29 heavy (non-hydrogen) atoms. The van der Waals surface area contributed by atoms with Gasteiger partial charge in [0.05, 0.1) is 5.69 Å². The molecule has 0 aliphatic carbocycles. The Hall–Kier alpha value is -2.12. The average molecular weight is 400 g/mol. The molecule has 3 unspecified atom stereocenters. The molecule has 7 heteroatoms. The van der Waals surface area contributed by atoms with E-state index in [9.17, 15) is 13.9 Å². The summed E-state index contributed by atoms with van der Waals surface area (Å²) < 4.78 is 28.4. The summed E-state index contributed by atoms with van der Waals surface area (Å²) in [6.45, 7) is 2.19. The smallest absolute Gasteiger partial charge is 0.225 e. The van der Waals surface area contributed by atoms with E-state index in [1.54, 1.807) is 0 Å². The monoisotopic (exact) mass is 400 g/mol. The fourth-order valence-electron chi connectivity index (χ4n) is 5.22. The van der Waals surface area contributed by atoms with E-state index >= 15 is 0 Å². The van der Waals surface area contributed by atoms with Crippen molar-refractivity contribution in [2.75, 3.05) is 24.6 Å². The Bertz CT molecular complexity index is 888. The molecular formula is C22H26F2N4O. The summed E-state index contributed by atoms with van der Waals surface area (Å²) in [7, 11) is 0. The molecule has 0 radical (unpaired) electrons. The summed E-state index contributed by atoms with van der Waals surface area (Å²) in [5, 5.41) is 9.49. The standard InChI is InChI=1S/C22H26F2N4O/c23-18-4-1-5-19(24)17(18)12-28-15-6-7-21(28)16-10-25-22(26-20(16)9-15)27-8-2-3-14(11-27)13-29/h1,4-5,10,14-15,21,29H,2-3,6-9,11-13H2. The van der Waals surface area contributed by atoms with Crippen LogP contribution in [0.2, 0.25) is 0 Å². The Labute approximate surface area is 169 Å². The molecule has 2 saturated heterocycles. The lowest BCUT2D eigenvalue weighted by atomic mass is 9.97. The van der Waals surface area contributed by atoms with Crippen molar-refractivity contribution in [2.24, 2.45) is 5.92 Å². The molecule has 4 heterocycles. The highest BCUT2D eigenvalue weighted by atomic mass is 19.1. The first-order chi connectivity index (χ1) is 14.1. The first-order valence-corrected chi connectivity index (χ1v) is 10.5. The van der Waals surface area contributed by atoms with E-state index in [4.69, 9.17) is 4.98 Å². The van der Waals surface area contributed by atoms with Crippen LogP contribution in [-0.4, -0.2) is 45.7 Å². The molecule has 1 N–H and O–H groups in total. The summed E-state index contributed by atoms with van der Waals surface area (Å²) >= 11 is 0. The molecule has 5 rings (SSSR count). The van der Waals surface area contributed by atoms with E-state index < -0.39 is 11.6 Å². The fraction of sp³-hybridized carbons (Fsp3) is 0.545. The number of aliphatic hydroxyl groups excluding tert-OH is 1. The summed E-state index contributed by atoms with van der Waals surface area (Å²) in [6.07, 6.45) is 6.75. The van der Waals surface area contributed by atoms with Crippen molar-refractivity contribution in [3.63, 3.8) is 0 Å². The summed E-state index contributed by atoms with van der Waals surface area (Å²) in [4.78, 5) is 13.9. The number of nitrogens with zero attached hydrogens (tertiary/aromatic N) is 4. The van der Waals surface area contributed by atoms with Gasteiger partial charge in [-0.05, 0) is 43.7 Å². The van der Waals surface area contributed by atoms with Crippen LogP contribution in [0.1, 0.15) is 48.5 Å². The minimum atomic E-state index is -0.481. The number of hydrogen-bond donors (Lipinski definition) is 1. The van der Waals surface area contributed by atoms with Crippen LogP contribution in [0.3, 0.4) is 0 Å². The Balaban J connectivity index is 1.39. The van der Waals surface area contributed by atoms with Crippen LogP contribution in [0, 0.1) is 17.6 Å². The second-order valence-electron chi connectivity index (χ2n) is 8.53. The molecule has 0 amide bonds. The number of piperidine rings is 1. The van der Waals surface area contributed by atoms with Crippen molar-refractivity contribution in [1.82, 2.24) is 14.9 Å². The average Bonchev–Trinajstić information content (AvgIpc) is 3.02. The van der Waals surface area contributed by atoms with Gasteiger partial charge >= 0.3 is 0 Å².